The first-order valence-electron chi connectivity index (χ1n) is 30.5. The maximum atomic E-state index is 12.9. The number of hydrogen-bond donors (Lipinski definition) is 0. The lowest BCUT2D eigenvalue weighted by Crippen LogP contribution is -2.30. The fourth-order valence-corrected chi connectivity index (χ4v) is 8.09. The van der Waals surface area contributed by atoms with E-state index in [1.165, 1.54) is 96.3 Å². The van der Waals surface area contributed by atoms with E-state index in [0.29, 0.717) is 25.7 Å². The molecule has 0 aliphatic rings. The van der Waals surface area contributed by atoms with Gasteiger partial charge >= 0.3 is 17.9 Å². The van der Waals surface area contributed by atoms with Crippen LogP contribution >= 0.6 is 0 Å². The lowest BCUT2D eigenvalue weighted by molar-refractivity contribution is -0.167. The normalized spacial score (nSPS) is 13.0. The Kier molecular flexibility index (Phi) is 57.9. The summed E-state index contributed by atoms with van der Waals surface area (Å²) in [6.07, 6.45) is 84.8. The van der Waals surface area contributed by atoms with Crippen molar-refractivity contribution >= 4 is 17.9 Å². The van der Waals surface area contributed by atoms with Crippen molar-refractivity contribution in [3.8, 4) is 0 Å². The highest BCUT2D eigenvalue weighted by atomic mass is 16.6. The van der Waals surface area contributed by atoms with Crippen LogP contribution in [0.15, 0.2) is 122 Å². The van der Waals surface area contributed by atoms with Crippen LogP contribution in [0.5, 0.6) is 0 Å². The minimum absolute atomic E-state index is 0.101. The molecule has 0 aromatic rings. The Morgan fingerprint density at radius 1 is 0.284 bits per heavy atom. The van der Waals surface area contributed by atoms with Crippen LogP contribution in [0.1, 0.15) is 271 Å². The second-order valence-corrected chi connectivity index (χ2v) is 19.9. The van der Waals surface area contributed by atoms with Crippen molar-refractivity contribution in [1.82, 2.24) is 0 Å². The van der Waals surface area contributed by atoms with Crippen LogP contribution in [0.4, 0.5) is 0 Å². The van der Waals surface area contributed by atoms with Crippen LogP contribution in [0, 0.1) is 0 Å². The number of carbonyl (C=O) groups excluding carboxylic acids is 3. The van der Waals surface area contributed by atoms with Gasteiger partial charge in [0.15, 0.2) is 6.10 Å². The SMILES string of the molecule is CC/C=C\C/C=C\C/C=C\C/C=C\C/C=C\C/C=C\C/C=C\C/C=C\CCCCC(=O)OCC(COC(=O)CCCCCCC/C=C\CCCCCC)OC(=O)CCCCCCC/C=C\CCCCCCCCC. The molecule has 0 aliphatic heterocycles. The molecule has 0 heterocycles. The molecular formula is C68H112O6. The van der Waals surface area contributed by atoms with Crippen LogP contribution in [0.2, 0.25) is 0 Å². The Bertz CT molecular complexity index is 1550. The molecule has 0 spiro atoms. The lowest BCUT2D eigenvalue weighted by atomic mass is 10.1. The van der Waals surface area contributed by atoms with Crippen molar-refractivity contribution in [2.75, 3.05) is 13.2 Å². The molecule has 74 heavy (non-hydrogen) atoms. The zero-order chi connectivity index (χ0) is 53.6. The van der Waals surface area contributed by atoms with Crippen molar-refractivity contribution in [3.63, 3.8) is 0 Å². The summed E-state index contributed by atoms with van der Waals surface area (Å²) >= 11 is 0. The predicted octanol–water partition coefficient (Wildman–Crippen LogP) is 20.8. The molecule has 0 amide bonds. The smallest absolute Gasteiger partial charge is 0.306 e. The largest absolute Gasteiger partial charge is 0.462 e. The van der Waals surface area contributed by atoms with Gasteiger partial charge in [0.1, 0.15) is 13.2 Å². The van der Waals surface area contributed by atoms with E-state index in [2.05, 4.69) is 142 Å². The van der Waals surface area contributed by atoms with E-state index < -0.39 is 6.10 Å². The van der Waals surface area contributed by atoms with E-state index in [1.807, 2.05) is 0 Å². The molecule has 420 valence electrons. The molecular weight excluding hydrogens is 913 g/mol. The van der Waals surface area contributed by atoms with Crippen LogP contribution in [0.3, 0.4) is 0 Å². The fraction of sp³-hybridized carbons (Fsp3) is 0.662. The van der Waals surface area contributed by atoms with Crippen molar-refractivity contribution in [2.24, 2.45) is 0 Å². The number of unbranched alkanes of at least 4 members (excludes halogenated alkanes) is 23. The molecule has 0 aromatic carbocycles. The first-order chi connectivity index (χ1) is 36.5. The summed E-state index contributed by atoms with van der Waals surface area (Å²) in [6, 6.07) is 0. The summed E-state index contributed by atoms with van der Waals surface area (Å²) < 4.78 is 16.8. The highest BCUT2D eigenvalue weighted by molar-refractivity contribution is 5.71. The molecule has 6 heteroatoms. The maximum Gasteiger partial charge on any atom is 0.306 e. The fourth-order valence-electron chi connectivity index (χ4n) is 8.09. The third-order valence-electron chi connectivity index (χ3n) is 12.7. The van der Waals surface area contributed by atoms with Gasteiger partial charge in [-0.25, -0.2) is 0 Å². The van der Waals surface area contributed by atoms with Gasteiger partial charge in [0.2, 0.25) is 0 Å². The van der Waals surface area contributed by atoms with Crippen molar-refractivity contribution in [2.45, 2.75) is 277 Å². The summed E-state index contributed by atoms with van der Waals surface area (Å²) in [5, 5.41) is 0. The van der Waals surface area contributed by atoms with Crippen LogP contribution in [-0.2, 0) is 28.6 Å². The zero-order valence-electron chi connectivity index (χ0n) is 48.1. The molecule has 0 aliphatic carbocycles. The Morgan fingerprint density at radius 3 is 0.878 bits per heavy atom. The number of ether oxygens (including phenoxy) is 3. The molecule has 1 atom stereocenters. The Balaban J connectivity index is 4.44. The number of hydrogen-bond acceptors (Lipinski definition) is 6. The summed E-state index contributed by atoms with van der Waals surface area (Å²) in [6.45, 7) is 6.46. The minimum atomic E-state index is -0.807. The number of carbonyl (C=O) groups is 3. The van der Waals surface area contributed by atoms with Crippen LogP contribution < -0.4 is 0 Å². The highest BCUT2D eigenvalue weighted by Gasteiger charge is 2.19. The molecule has 0 saturated heterocycles. The summed E-state index contributed by atoms with van der Waals surface area (Å²) in [7, 11) is 0. The number of rotatable bonds is 54. The van der Waals surface area contributed by atoms with Crippen molar-refractivity contribution in [3.05, 3.63) is 122 Å². The molecule has 1 unspecified atom stereocenters. The second-order valence-electron chi connectivity index (χ2n) is 19.9. The third-order valence-corrected chi connectivity index (χ3v) is 12.7. The second kappa shape index (κ2) is 61.4. The Labute approximate surface area is 456 Å². The van der Waals surface area contributed by atoms with Gasteiger partial charge in [0.05, 0.1) is 0 Å². The molecule has 0 N–H and O–H groups in total. The number of allylic oxidation sites excluding steroid dienone is 20. The van der Waals surface area contributed by atoms with Crippen molar-refractivity contribution < 1.29 is 28.6 Å². The first kappa shape index (κ1) is 69.8. The summed E-state index contributed by atoms with van der Waals surface area (Å²) in [5.74, 6) is -0.963. The molecule has 0 rings (SSSR count). The quantitative estimate of drug-likeness (QED) is 0.0261. The van der Waals surface area contributed by atoms with E-state index >= 15 is 0 Å². The topological polar surface area (TPSA) is 78.9 Å². The molecule has 0 fully saturated rings. The number of esters is 3. The van der Waals surface area contributed by atoms with Gasteiger partial charge in [-0.1, -0.05) is 239 Å². The molecule has 6 nitrogen and oxygen atoms in total. The highest BCUT2D eigenvalue weighted by Crippen LogP contribution is 2.14. The standard InChI is InChI=1S/C68H112O6/c1-4-7-10-13-16-19-22-25-27-29-30-31-32-33-34-35-36-37-38-39-41-43-46-49-52-55-58-61-67(70)73-64-65(63-72-66(69)60-57-54-51-48-45-42-24-21-18-15-12-9-6-3)74-68(71)62-59-56-53-50-47-44-40-28-26-23-20-17-14-11-8-5-2/h7,10,16,19,21,24-25,27-28,30-31,33-34,36-37,39-41,46,49,65H,4-6,8-9,11-15,17-18,20,22-23,26,29,32,35,38,42-45,47-48,50-64H2,1-3H3/b10-7-,19-16-,24-21-,27-25-,31-30-,34-33-,37-36-,40-28-,41-39-,49-46-. The predicted molar refractivity (Wildman–Crippen MR) is 320 cm³/mol. The molecule has 0 aromatic heterocycles. The van der Waals surface area contributed by atoms with Gasteiger partial charge in [-0.2, -0.15) is 0 Å². The summed E-state index contributed by atoms with van der Waals surface area (Å²) in [4.78, 5) is 38.2. The maximum absolute atomic E-state index is 12.9. The van der Waals surface area contributed by atoms with Gasteiger partial charge in [-0.15, -0.1) is 0 Å². The van der Waals surface area contributed by atoms with Gasteiger partial charge < -0.3 is 14.2 Å². The third kappa shape index (κ3) is 58.7. The monoisotopic (exact) mass is 1020 g/mol. The van der Waals surface area contributed by atoms with E-state index in [1.54, 1.807) is 0 Å². The molecule has 0 radical (unpaired) electrons. The van der Waals surface area contributed by atoms with Gasteiger partial charge in [-0.3, -0.25) is 14.4 Å². The first-order valence-corrected chi connectivity index (χ1v) is 30.5. The lowest BCUT2D eigenvalue weighted by Gasteiger charge is -2.18. The van der Waals surface area contributed by atoms with E-state index in [0.717, 1.165) is 128 Å². The molecule has 0 bridgehead atoms. The van der Waals surface area contributed by atoms with Crippen LogP contribution in [0.25, 0.3) is 0 Å². The minimum Gasteiger partial charge on any atom is -0.462 e. The van der Waals surface area contributed by atoms with E-state index in [4.69, 9.17) is 14.2 Å². The Morgan fingerprint density at radius 2 is 0.527 bits per heavy atom. The van der Waals surface area contributed by atoms with Gasteiger partial charge in [0.25, 0.3) is 0 Å². The van der Waals surface area contributed by atoms with Crippen molar-refractivity contribution in [1.29, 1.82) is 0 Å². The van der Waals surface area contributed by atoms with E-state index in [9.17, 15) is 14.4 Å². The average Bonchev–Trinajstić information content (AvgIpc) is 3.40. The zero-order valence-corrected chi connectivity index (χ0v) is 48.1. The van der Waals surface area contributed by atoms with E-state index in [-0.39, 0.29) is 31.1 Å². The van der Waals surface area contributed by atoms with Gasteiger partial charge in [0, 0.05) is 19.3 Å². The average molecular weight is 1030 g/mol. The molecule has 0 saturated carbocycles. The van der Waals surface area contributed by atoms with Crippen LogP contribution in [-0.4, -0.2) is 37.2 Å². The summed E-state index contributed by atoms with van der Waals surface area (Å²) in [5.41, 5.74) is 0. The van der Waals surface area contributed by atoms with Gasteiger partial charge in [-0.05, 0) is 135 Å². The Hall–Kier alpha value is -4.19.